The Balaban J connectivity index is -0.000000135. The molecule has 78 valence electrons. The average molecular weight is 693 g/mol. The van der Waals surface area contributed by atoms with Crippen LogP contribution in [0.1, 0.15) is 32.1 Å². The van der Waals surface area contributed by atoms with E-state index in [0.717, 1.165) is 19.4 Å². The van der Waals surface area contributed by atoms with E-state index < -0.39 is 0 Å². The van der Waals surface area contributed by atoms with Gasteiger partial charge in [-0.15, -0.1) is 0 Å². The first kappa shape index (κ1) is 24.0. The Morgan fingerprint density at radius 1 is 1.00 bits per heavy atom. The van der Waals surface area contributed by atoms with Gasteiger partial charge in [-0.05, 0) is 13.0 Å². The molecule has 0 aromatic rings. The molecule has 0 atom stereocenters. The Kier molecular flexibility index (Phi) is 43.2. The van der Waals surface area contributed by atoms with Gasteiger partial charge < -0.3 is 17.0 Å². The van der Waals surface area contributed by atoms with Crippen molar-refractivity contribution in [2.24, 2.45) is 0 Å². The number of nitrogens with one attached hydrogen (secondary N) is 1. The molecule has 0 spiro atoms. The fraction of sp³-hybridized carbons (Fsp3) is 0.750. The number of hydrogen-bond donors (Lipinski definition) is 1. The van der Waals surface area contributed by atoms with E-state index in [-0.39, 0.29) is 63.2 Å². The summed E-state index contributed by atoms with van der Waals surface area (Å²) in [5, 5.41) is 2.50. The second kappa shape index (κ2) is 23.4. The van der Waals surface area contributed by atoms with Crippen LogP contribution in [0, 0.1) is 6.92 Å². The SMILES string of the molecule is [CH2-]CCCCCCN[C-]=O.[W].[W].[W]. The van der Waals surface area contributed by atoms with Gasteiger partial charge in [0.15, 0.2) is 0 Å². The second-order valence-electron chi connectivity index (χ2n) is 2.30. The van der Waals surface area contributed by atoms with Crippen LogP contribution in [-0.4, -0.2) is 13.0 Å². The topological polar surface area (TPSA) is 29.1 Å². The van der Waals surface area contributed by atoms with Gasteiger partial charge >= 0.3 is 0 Å². The first-order valence-electron chi connectivity index (χ1n) is 3.81. The van der Waals surface area contributed by atoms with Crippen LogP contribution in [0.2, 0.25) is 0 Å². The number of amides is 1. The molecule has 0 rings (SSSR count). The monoisotopic (exact) mass is 693 g/mol. The van der Waals surface area contributed by atoms with Gasteiger partial charge in [-0.3, -0.25) is 0 Å². The largest absolute Gasteiger partial charge is 0.530 e. The minimum absolute atomic E-state index is 0. The molecule has 0 radical (unpaired) electrons. The second-order valence-corrected chi connectivity index (χ2v) is 2.30. The van der Waals surface area contributed by atoms with Gasteiger partial charge in [-0.2, -0.15) is 12.8 Å². The molecule has 0 aromatic carbocycles. The van der Waals surface area contributed by atoms with Crippen LogP contribution in [0.5, 0.6) is 0 Å². The first-order valence-corrected chi connectivity index (χ1v) is 3.81. The fourth-order valence-corrected chi connectivity index (χ4v) is 0.795. The number of carbonyl (C=O) groups excluding carboxylic acids is 1. The van der Waals surface area contributed by atoms with E-state index in [1.54, 1.807) is 6.41 Å². The zero-order chi connectivity index (χ0) is 7.66. The van der Waals surface area contributed by atoms with Crippen molar-refractivity contribution in [2.75, 3.05) is 6.54 Å². The smallest absolute Gasteiger partial charge is 0 e. The van der Waals surface area contributed by atoms with Crippen LogP contribution >= 0.6 is 0 Å². The summed E-state index contributed by atoms with van der Waals surface area (Å²) >= 11 is 0. The van der Waals surface area contributed by atoms with Crippen LogP contribution in [0.25, 0.3) is 0 Å². The predicted molar refractivity (Wildman–Crippen MR) is 42.1 cm³/mol. The van der Waals surface area contributed by atoms with Gasteiger partial charge in [0.25, 0.3) is 0 Å². The molecular weight excluding hydrogens is 678 g/mol. The van der Waals surface area contributed by atoms with E-state index in [1.807, 2.05) is 0 Å². The third-order valence-electron chi connectivity index (χ3n) is 1.37. The van der Waals surface area contributed by atoms with Crippen molar-refractivity contribution < 1.29 is 68.0 Å². The quantitative estimate of drug-likeness (QED) is 0.245. The molecule has 0 saturated carbocycles. The van der Waals surface area contributed by atoms with Crippen LogP contribution in [0.15, 0.2) is 0 Å². The van der Waals surface area contributed by atoms with Crippen molar-refractivity contribution in [2.45, 2.75) is 32.1 Å². The molecule has 0 aliphatic carbocycles. The molecule has 0 fully saturated rings. The summed E-state index contributed by atoms with van der Waals surface area (Å²) in [6, 6.07) is 0. The van der Waals surface area contributed by atoms with Gasteiger partial charge in [0, 0.05) is 63.2 Å². The van der Waals surface area contributed by atoms with Crippen molar-refractivity contribution >= 4 is 6.41 Å². The maximum atomic E-state index is 9.65. The minimum Gasteiger partial charge on any atom is -0.530 e. The van der Waals surface area contributed by atoms with Crippen LogP contribution < -0.4 is 5.32 Å². The summed E-state index contributed by atoms with van der Waals surface area (Å²) in [5.41, 5.74) is 0. The van der Waals surface area contributed by atoms with Gasteiger partial charge in [0.05, 0.1) is 0 Å². The maximum absolute atomic E-state index is 9.65. The van der Waals surface area contributed by atoms with Gasteiger partial charge in [0.1, 0.15) is 0 Å². The zero-order valence-corrected chi connectivity index (χ0v) is 16.4. The molecule has 2 nitrogen and oxygen atoms in total. The number of rotatable bonds is 7. The zero-order valence-electron chi connectivity index (χ0n) is 7.58. The molecule has 5 heteroatoms. The molecular formula is C8H15NOW3-2. The Morgan fingerprint density at radius 2 is 1.54 bits per heavy atom. The van der Waals surface area contributed by atoms with Crippen molar-refractivity contribution in [1.29, 1.82) is 0 Å². The number of unbranched alkanes of at least 4 members (excludes halogenated alkanes) is 4. The number of hydrogen-bond acceptors (Lipinski definition) is 1. The van der Waals surface area contributed by atoms with Crippen molar-refractivity contribution in [3.05, 3.63) is 6.92 Å². The molecule has 0 aromatic heterocycles. The van der Waals surface area contributed by atoms with Crippen LogP contribution in [-0.2, 0) is 68.0 Å². The summed E-state index contributed by atoms with van der Waals surface area (Å²) in [6.45, 7) is 4.51. The van der Waals surface area contributed by atoms with E-state index in [9.17, 15) is 4.79 Å². The van der Waals surface area contributed by atoms with E-state index in [1.165, 1.54) is 19.3 Å². The van der Waals surface area contributed by atoms with Gasteiger partial charge in [-0.25, -0.2) is 0 Å². The van der Waals surface area contributed by atoms with Crippen LogP contribution in [0.3, 0.4) is 0 Å². The van der Waals surface area contributed by atoms with E-state index in [0.29, 0.717) is 0 Å². The third kappa shape index (κ3) is 24.7. The fourth-order valence-electron chi connectivity index (χ4n) is 0.795. The predicted octanol–water partition coefficient (Wildman–Crippen LogP) is 1.42. The summed E-state index contributed by atoms with van der Waals surface area (Å²) in [5.74, 6) is 0. The Hall–Kier alpha value is 1.53. The molecule has 1 amide bonds. The molecule has 0 aliphatic rings. The minimum atomic E-state index is 0. The van der Waals surface area contributed by atoms with Crippen LogP contribution in [0.4, 0.5) is 0 Å². The first-order chi connectivity index (χ1) is 4.91. The van der Waals surface area contributed by atoms with Gasteiger partial charge in [0.2, 0.25) is 0 Å². The third-order valence-corrected chi connectivity index (χ3v) is 1.37. The summed E-state index contributed by atoms with van der Waals surface area (Å²) in [6.07, 6.45) is 7.34. The molecule has 1 N–H and O–H groups in total. The van der Waals surface area contributed by atoms with E-state index >= 15 is 0 Å². The summed E-state index contributed by atoms with van der Waals surface area (Å²) in [7, 11) is 0. The van der Waals surface area contributed by atoms with E-state index in [4.69, 9.17) is 0 Å². The standard InChI is InChI=1S/C8H15NO.3W/c1-2-3-4-5-6-7-9-8-10;;;/h1-7H2,(H,9,10);;;/q-2;;;. The summed E-state index contributed by atoms with van der Waals surface area (Å²) in [4.78, 5) is 9.65. The average Bonchev–Trinajstić information content (AvgIpc) is 1.97. The molecule has 13 heavy (non-hydrogen) atoms. The Labute approximate surface area is 124 Å². The van der Waals surface area contributed by atoms with Crippen molar-refractivity contribution in [1.82, 2.24) is 5.32 Å². The van der Waals surface area contributed by atoms with Crippen molar-refractivity contribution in [3.8, 4) is 0 Å². The molecule has 0 heterocycles. The summed E-state index contributed by atoms with van der Waals surface area (Å²) < 4.78 is 0. The Morgan fingerprint density at radius 3 is 2.00 bits per heavy atom. The van der Waals surface area contributed by atoms with Crippen molar-refractivity contribution in [3.63, 3.8) is 0 Å². The normalized spacial score (nSPS) is 7.15. The van der Waals surface area contributed by atoms with E-state index in [2.05, 4.69) is 12.2 Å². The Bertz CT molecular complexity index is 83.8. The maximum Gasteiger partial charge on any atom is 0 e. The molecule has 0 unspecified atom stereocenters. The molecule has 0 bridgehead atoms. The van der Waals surface area contributed by atoms with Gasteiger partial charge in [-0.1, -0.05) is 19.3 Å². The molecule has 0 saturated heterocycles. The molecule has 0 aliphatic heterocycles.